The van der Waals surface area contributed by atoms with Crippen molar-refractivity contribution in [1.82, 2.24) is 9.55 Å². The van der Waals surface area contributed by atoms with Crippen molar-refractivity contribution in [2.45, 2.75) is 0 Å². The molecule has 0 aliphatic carbocycles. The van der Waals surface area contributed by atoms with Crippen LogP contribution in [0, 0.1) is 0 Å². The molecule has 2 heterocycles. The van der Waals surface area contributed by atoms with Crippen molar-refractivity contribution in [2.24, 2.45) is 0 Å². The topological polar surface area (TPSA) is 34.9 Å². The Bertz CT molecular complexity index is 407. The first-order valence-corrected chi connectivity index (χ1v) is 3.94. The summed E-state index contributed by atoms with van der Waals surface area (Å²) in [5.74, 6) is 0. The van der Waals surface area contributed by atoms with Crippen LogP contribution in [-0.2, 0) is 0 Å². The number of pyridine rings is 1. The van der Waals surface area contributed by atoms with Crippen molar-refractivity contribution in [2.75, 3.05) is 0 Å². The van der Waals surface area contributed by atoms with Gasteiger partial charge >= 0.3 is 0 Å². The van der Waals surface area contributed by atoms with Gasteiger partial charge in [0.1, 0.15) is 0 Å². The molecule has 0 spiro atoms. The quantitative estimate of drug-likeness (QED) is 0.646. The summed E-state index contributed by atoms with van der Waals surface area (Å²) in [6.07, 6.45) is 7.87. The Hall–Kier alpha value is -1.90. The van der Waals surface area contributed by atoms with Crippen molar-refractivity contribution in [1.29, 1.82) is 0 Å². The Morgan fingerprint density at radius 1 is 1.23 bits per heavy atom. The fourth-order valence-corrected chi connectivity index (χ4v) is 1.16. The van der Waals surface area contributed by atoms with Gasteiger partial charge in [-0.25, -0.2) is 0 Å². The second-order valence-corrected chi connectivity index (χ2v) is 2.68. The van der Waals surface area contributed by atoms with Crippen molar-refractivity contribution in [3.05, 3.63) is 48.5 Å². The van der Waals surface area contributed by atoms with Gasteiger partial charge in [0, 0.05) is 24.2 Å². The van der Waals surface area contributed by atoms with Gasteiger partial charge in [0.2, 0.25) is 0 Å². The van der Waals surface area contributed by atoms with E-state index in [4.69, 9.17) is 0 Å². The first kappa shape index (κ1) is 7.73. The van der Waals surface area contributed by atoms with Crippen LogP contribution in [0.15, 0.2) is 43.0 Å². The molecule has 0 N–H and O–H groups in total. The van der Waals surface area contributed by atoms with E-state index in [9.17, 15) is 4.79 Å². The average molecular weight is 172 g/mol. The van der Waals surface area contributed by atoms with Crippen LogP contribution in [0.3, 0.4) is 0 Å². The lowest BCUT2D eigenvalue weighted by molar-refractivity contribution is 0.112. The SMILES string of the molecule is O=Cc1cncc(-n2cccc2)c1. The van der Waals surface area contributed by atoms with E-state index >= 15 is 0 Å². The molecule has 64 valence electrons. The normalized spacial score (nSPS) is 9.85. The molecule has 3 heteroatoms. The number of nitrogens with zero attached hydrogens (tertiary/aromatic N) is 2. The molecule has 3 nitrogen and oxygen atoms in total. The highest BCUT2D eigenvalue weighted by molar-refractivity contribution is 5.75. The highest BCUT2D eigenvalue weighted by Gasteiger charge is 1.96. The van der Waals surface area contributed by atoms with E-state index in [2.05, 4.69) is 4.98 Å². The molecule has 0 fully saturated rings. The first-order valence-electron chi connectivity index (χ1n) is 3.94. The summed E-state index contributed by atoms with van der Waals surface area (Å²) in [6.45, 7) is 0. The molecule has 0 saturated carbocycles. The summed E-state index contributed by atoms with van der Waals surface area (Å²) in [4.78, 5) is 14.4. The molecule has 0 aliphatic heterocycles. The van der Waals surface area contributed by atoms with E-state index in [-0.39, 0.29) is 0 Å². The fourth-order valence-electron chi connectivity index (χ4n) is 1.16. The molecular formula is C10H8N2O. The number of carbonyl (C=O) groups excluding carboxylic acids is 1. The Balaban J connectivity index is 2.47. The number of hydrogen-bond donors (Lipinski definition) is 0. The van der Waals surface area contributed by atoms with Gasteiger partial charge in [-0.15, -0.1) is 0 Å². The maximum Gasteiger partial charge on any atom is 0.151 e. The molecular weight excluding hydrogens is 164 g/mol. The van der Waals surface area contributed by atoms with E-state index in [0.29, 0.717) is 5.56 Å². The molecule has 13 heavy (non-hydrogen) atoms. The van der Waals surface area contributed by atoms with Crippen LogP contribution in [0.25, 0.3) is 5.69 Å². The van der Waals surface area contributed by atoms with Crippen LogP contribution >= 0.6 is 0 Å². The highest BCUT2D eigenvalue weighted by atomic mass is 16.1. The molecule has 0 unspecified atom stereocenters. The lowest BCUT2D eigenvalue weighted by Crippen LogP contribution is -1.92. The molecule has 0 radical (unpaired) electrons. The minimum atomic E-state index is 0.589. The van der Waals surface area contributed by atoms with Gasteiger partial charge in [-0.1, -0.05) is 0 Å². The zero-order chi connectivity index (χ0) is 9.10. The maximum atomic E-state index is 10.5. The van der Waals surface area contributed by atoms with Crippen LogP contribution in [0.2, 0.25) is 0 Å². The van der Waals surface area contributed by atoms with Gasteiger partial charge in [0.25, 0.3) is 0 Å². The summed E-state index contributed by atoms with van der Waals surface area (Å²) < 4.78 is 1.90. The molecule has 0 amide bonds. The lowest BCUT2D eigenvalue weighted by atomic mass is 10.3. The molecule has 0 aliphatic rings. The van der Waals surface area contributed by atoms with Crippen LogP contribution < -0.4 is 0 Å². The minimum Gasteiger partial charge on any atom is -0.322 e. The third-order valence-electron chi connectivity index (χ3n) is 1.78. The van der Waals surface area contributed by atoms with Crippen LogP contribution in [-0.4, -0.2) is 15.8 Å². The summed E-state index contributed by atoms with van der Waals surface area (Å²) in [6, 6.07) is 5.64. The minimum absolute atomic E-state index is 0.589. The number of aromatic nitrogens is 2. The predicted molar refractivity (Wildman–Crippen MR) is 49.0 cm³/mol. The van der Waals surface area contributed by atoms with Crippen LogP contribution in [0.5, 0.6) is 0 Å². The predicted octanol–water partition coefficient (Wildman–Crippen LogP) is 1.68. The van der Waals surface area contributed by atoms with Gasteiger partial charge in [0.05, 0.1) is 11.9 Å². The molecule has 0 bridgehead atoms. The van der Waals surface area contributed by atoms with E-state index in [1.165, 1.54) is 0 Å². The van der Waals surface area contributed by atoms with Gasteiger partial charge in [-0.3, -0.25) is 9.78 Å². The highest BCUT2D eigenvalue weighted by Crippen LogP contribution is 2.07. The Morgan fingerprint density at radius 2 is 2.00 bits per heavy atom. The second-order valence-electron chi connectivity index (χ2n) is 2.68. The summed E-state index contributed by atoms with van der Waals surface area (Å²) in [5, 5.41) is 0. The first-order chi connectivity index (χ1) is 6.40. The maximum absolute atomic E-state index is 10.5. The molecule has 2 aromatic rings. The molecule has 0 aromatic carbocycles. The van der Waals surface area contributed by atoms with Gasteiger partial charge in [-0.2, -0.15) is 0 Å². The van der Waals surface area contributed by atoms with Crippen molar-refractivity contribution >= 4 is 6.29 Å². The smallest absolute Gasteiger partial charge is 0.151 e. The third kappa shape index (κ3) is 1.49. The van der Waals surface area contributed by atoms with E-state index < -0.39 is 0 Å². The number of hydrogen-bond acceptors (Lipinski definition) is 2. The standard InChI is InChI=1S/C10H8N2O/c13-8-9-5-10(7-11-6-9)12-3-1-2-4-12/h1-8H. The lowest BCUT2D eigenvalue weighted by Gasteiger charge is -2.01. The Morgan fingerprint density at radius 3 is 2.69 bits per heavy atom. The molecule has 0 atom stereocenters. The monoisotopic (exact) mass is 172 g/mol. The van der Waals surface area contributed by atoms with Gasteiger partial charge in [-0.05, 0) is 18.2 Å². The third-order valence-corrected chi connectivity index (χ3v) is 1.78. The van der Waals surface area contributed by atoms with E-state index in [1.807, 2.05) is 29.1 Å². The summed E-state index contributed by atoms with van der Waals surface area (Å²) in [7, 11) is 0. The largest absolute Gasteiger partial charge is 0.322 e. The van der Waals surface area contributed by atoms with Crippen LogP contribution in [0.1, 0.15) is 10.4 Å². The van der Waals surface area contributed by atoms with E-state index in [0.717, 1.165) is 12.0 Å². The zero-order valence-electron chi connectivity index (χ0n) is 6.92. The summed E-state index contributed by atoms with van der Waals surface area (Å²) in [5.41, 5.74) is 1.49. The summed E-state index contributed by atoms with van der Waals surface area (Å²) >= 11 is 0. The van der Waals surface area contributed by atoms with Crippen molar-refractivity contribution in [3.63, 3.8) is 0 Å². The average Bonchev–Trinajstić information content (AvgIpc) is 2.71. The fraction of sp³-hybridized carbons (Fsp3) is 0. The Labute approximate surface area is 75.7 Å². The number of aldehydes is 1. The van der Waals surface area contributed by atoms with Gasteiger partial charge in [0.15, 0.2) is 6.29 Å². The molecule has 0 saturated heterocycles. The van der Waals surface area contributed by atoms with Crippen molar-refractivity contribution in [3.8, 4) is 5.69 Å². The van der Waals surface area contributed by atoms with Crippen LogP contribution in [0.4, 0.5) is 0 Å². The molecule has 2 rings (SSSR count). The molecule has 2 aromatic heterocycles. The number of carbonyl (C=O) groups is 1. The van der Waals surface area contributed by atoms with Crippen molar-refractivity contribution < 1.29 is 4.79 Å². The Kier molecular flexibility index (Phi) is 1.92. The second kappa shape index (κ2) is 3.23. The number of rotatable bonds is 2. The van der Waals surface area contributed by atoms with E-state index in [1.54, 1.807) is 18.5 Å². The van der Waals surface area contributed by atoms with Gasteiger partial charge < -0.3 is 4.57 Å². The zero-order valence-corrected chi connectivity index (χ0v) is 6.92.